The van der Waals surface area contributed by atoms with Gasteiger partial charge in [0.2, 0.25) is 0 Å². The molecule has 33 heavy (non-hydrogen) atoms. The van der Waals surface area contributed by atoms with Crippen LogP contribution in [0.15, 0.2) is 42.7 Å². The lowest BCUT2D eigenvalue weighted by atomic mass is 10.1. The molecule has 5 heterocycles. The summed E-state index contributed by atoms with van der Waals surface area (Å²) >= 11 is 0. The van der Waals surface area contributed by atoms with Crippen molar-refractivity contribution in [3.8, 4) is 23.7 Å². The van der Waals surface area contributed by atoms with E-state index in [1.807, 2.05) is 6.07 Å². The van der Waals surface area contributed by atoms with Gasteiger partial charge in [-0.05, 0) is 31.0 Å². The van der Waals surface area contributed by atoms with Gasteiger partial charge in [-0.1, -0.05) is 6.07 Å². The van der Waals surface area contributed by atoms with Crippen LogP contribution in [0.4, 0.5) is 5.82 Å². The summed E-state index contributed by atoms with van der Waals surface area (Å²) in [4.78, 5) is 26.3. The summed E-state index contributed by atoms with van der Waals surface area (Å²) < 4.78 is 6.94. The Labute approximate surface area is 190 Å². The molecule has 2 aliphatic heterocycles. The molecule has 0 N–H and O–H groups in total. The van der Waals surface area contributed by atoms with E-state index in [4.69, 9.17) is 4.74 Å². The summed E-state index contributed by atoms with van der Waals surface area (Å²) in [5.41, 5.74) is 0.900. The van der Waals surface area contributed by atoms with Gasteiger partial charge in [-0.15, -0.1) is 0 Å². The van der Waals surface area contributed by atoms with E-state index in [9.17, 15) is 15.3 Å². The van der Waals surface area contributed by atoms with Gasteiger partial charge in [-0.3, -0.25) is 4.79 Å². The molecule has 164 valence electrons. The highest BCUT2D eigenvalue weighted by molar-refractivity contribution is 5.93. The van der Waals surface area contributed by atoms with Crippen LogP contribution < -0.4 is 9.64 Å². The number of nitriles is 2. The number of aromatic nitrogens is 4. The van der Waals surface area contributed by atoms with Crippen LogP contribution in [0.25, 0.3) is 5.82 Å². The summed E-state index contributed by atoms with van der Waals surface area (Å²) in [6, 6.07) is 12.7. The van der Waals surface area contributed by atoms with E-state index in [1.54, 1.807) is 41.6 Å². The average molecular weight is 440 g/mol. The third kappa shape index (κ3) is 3.42. The number of hydrogen-bond acceptors (Lipinski definition) is 8. The third-order valence-electron chi connectivity index (χ3n) is 6.13. The van der Waals surface area contributed by atoms with Crippen LogP contribution in [0, 0.1) is 22.7 Å². The molecule has 2 atom stereocenters. The van der Waals surface area contributed by atoms with E-state index in [1.165, 1.54) is 17.9 Å². The number of carbonyl (C=O) groups is 1. The quantitative estimate of drug-likeness (QED) is 0.603. The van der Waals surface area contributed by atoms with Gasteiger partial charge >= 0.3 is 0 Å². The first-order valence-corrected chi connectivity index (χ1v) is 10.6. The summed E-state index contributed by atoms with van der Waals surface area (Å²) in [5.74, 6) is 1.38. The lowest BCUT2D eigenvalue weighted by Crippen LogP contribution is -2.56. The molecule has 2 bridgehead atoms. The first kappa shape index (κ1) is 20.5. The van der Waals surface area contributed by atoms with Crippen LogP contribution in [0.2, 0.25) is 0 Å². The fraction of sp³-hybridized carbons (Fsp3) is 0.304. The highest BCUT2D eigenvalue weighted by Gasteiger charge is 2.44. The molecule has 0 aromatic carbocycles. The second-order valence-corrected chi connectivity index (χ2v) is 7.96. The number of pyridine rings is 2. The molecular formula is C23H20N8O2. The molecule has 2 aliphatic rings. The SMILES string of the molecule is COc1c(C#N)ccnc1N1C2CCC1CN(C(=O)c1cc(C#N)nn1-c1ccccn1)C2. The molecule has 2 saturated heterocycles. The summed E-state index contributed by atoms with van der Waals surface area (Å²) in [6.07, 6.45) is 5.03. The second-order valence-electron chi connectivity index (χ2n) is 7.96. The summed E-state index contributed by atoms with van der Waals surface area (Å²) in [7, 11) is 1.54. The molecule has 3 aromatic heterocycles. The molecule has 1 amide bonds. The number of methoxy groups -OCH3 is 1. The molecule has 0 aliphatic carbocycles. The largest absolute Gasteiger partial charge is 0.492 e. The van der Waals surface area contributed by atoms with E-state index < -0.39 is 0 Å². The number of hydrogen-bond donors (Lipinski definition) is 0. The van der Waals surface area contributed by atoms with Gasteiger partial charge in [0.25, 0.3) is 5.91 Å². The van der Waals surface area contributed by atoms with E-state index >= 15 is 0 Å². The Bertz CT molecular complexity index is 1280. The number of anilines is 1. The summed E-state index contributed by atoms with van der Waals surface area (Å²) in [6.45, 7) is 0.985. The van der Waals surface area contributed by atoms with Crippen molar-refractivity contribution in [1.29, 1.82) is 10.5 Å². The predicted molar refractivity (Wildman–Crippen MR) is 117 cm³/mol. The fourth-order valence-corrected chi connectivity index (χ4v) is 4.73. The zero-order chi connectivity index (χ0) is 22.9. The van der Waals surface area contributed by atoms with Crippen molar-refractivity contribution in [3.63, 3.8) is 0 Å². The van der Waals surface area contributed by atoms with Crippen LogP contribution in [0.5, 0.6) is 5.75 Å². The van der Waals surface area contributed by atoms with Gasteiger partial charge in [-0.25, -0.2) is 14.6 Å². The number of likely N-dealkylation sites (tertiary alicyclic amines) is 1. The number of ether oxygens (including phenoxy) is 1. The normalized spacial score (nSPS) is 19.1. The Morgan fingerprint density at radius 1 is 1.09 bits per heavy atom. The minimum Gasteiger partial charge on any atom is -0.492 e. The zero-order valence-electron chi connectivity index (χ0n) is 17.9. The van der Waals surface area contributed by atoms with Gasteiger partial charge in [0.1, 0.15) is 17.8 Å². The molecule has 0 spiro atoms. The first-order chi connectivity index (χ1) is 16.1. The van der Waals surface area contributed by atoms with E-state index in [-0.39, 0.29) is 23.7 Å². The second kappa shape index (κ2) is 8.24. The van der Waals surface area contributed by atoms with Gasteiger partial charge < -0.3 is 14.5 Å². The number of carbonyl (C=O) groups excluding carboxylic acids is 1. The number of rotatable bonds is 4. The van der Waals surface area contributed by atoms with Crippen molar-refractivity contribution in [3.05, 3.63) is 59.7 Å². The highest BCUT2D eigenvalue weighted by atomic mass is 16.5. The molecule has 2 unspecified atom stereocenters. The lowest BCUT2D eigenvalue weighted by molar-refractivity contribution is 0.0708. The third-order valence-corrected chi connectivity index (χ3v) is 6.13. The molecule has 5 rings (SSSR count). The van der Waals surface area contributed by atoms with Crippen molar-refractivity contribution in [2.24, 2.45) is 0 Å². The van der Waals surface area contributed by atoms with Crippen LogP contribution in [-0.2, 0) is 0 Å². The molecule has 0 saturated carbocycles. The monoisotopic (exact) mass is 440 g/mol. The minimum absolute atomic E-state index is 0.0460. The Morgan fingerprint density at radius 3 is 2.52 bits per heavy atom. The fourth-order valence-electron chi connectivity index (χ4n) is 4.73. The molecule has 10 heteroatoms. The number of fused-ring (bicyclic) bond motifs is 2. The van der Waals surface area contributed by atoms with Gasteiger partial charge in [0.15, 0.2) is 23.1 Å². The van der Waals surface area contributed by atoms with Crippen molar-refractivity contribution < 1.29 is 9.53 Å². The summed E-state index contributed by atoms with van der Waals surface area (Å²) in [5, 5.41) is 23.0. The predicted octanol–water partition coefficient (Wildman–Crippen LogP) is 1.91. The van der Waals surface area contributed by atoms with E-state index in [0.717, 1.165) is 12.8 Å². The van der Waals surface area contributed by atoms with Crippen molar-refractivity contribution in [2.75, 3.05) is 25.1 Å². The topological polar surface area (TPSA) is 124 Å². The standard InChI is InChI=1S/C23H20N8O2/c1-33-21-15(11-24)7-9-27-22(21)30-17-5-6-18(30)14-29(13-17)23(32)19-10-16(12-25)28-31(19)20-4-2-3-8-26-20/h2-4,7-10,17-18H,5-6,13-14H2,1H3. The Hall–Kier alpha value is -4.44. The maximum atomic E-state index is 13.5. The Kier molecular flexibility index (Phi) is 5.11. The van der Waals surface area contributed by atoms with E-state index in [2.05, 4.69) is 26.0 Å². The maximum absolute atomic E-state index is 13.5. The van der Waals surface area contributed by atoms with E-state index in [0.29, 0.717) is 41.7 Å². The first-order valence-electron chi connectivity index (χ1n) is 10.6. The molecule has 3 aromatic rings. The smallest absolute Gasteiger partial charge is 0.272 e. The van der Waals surface area contributed by atoms with Gasteiger partial charge in [-0.2, -0.15) is 15.6 Å². The van der Waals surface area contributed by atoms with Crippen LogP contribution in [0.1, 0.15) is 34.6 Å². The lowest BCUT2D eigenvalue weighted by Gasteiger charge is -2.42. The van der Waals surface area contributed by atoms with Crippen molar-refractivity contribution in [1.82, 2.24) is 24.6 Å². The molecule has 0 radical (unpaired) electrons. The zero-order valence-corrected chi connectivity index (χ0v) is 17.9. The average Bonchev–Trinajstić information content (AvgIpc) is 3.41. The number of piperazine rings is 1. The van der Waals surface area contributed by atoms with Crippen molar-refractivity contribution >= 4 is 11.7 Å². The van der Waals surface area contributed by atoms with Crippen LogP contribution >= 0.6 is 0 Å². The van der Waals surface area contributed by atoms with Gasteiger partial charge in [0, 0.05) is 43.6 Å². The Morgan fingerprint density at radius 2 is 1.88 bits per heavy atom. The molecule has 2 fully saturated rings. The van der Waals surface area contributed by atoms with Crippen LogP contribution in [-0.4, -0.2) is 62.8 Å². The minimum atomic E-state index is -0.197. The number of amides is 1. The van der Waals surface area contributed by atoms with Crippen LogP contribution in [0.3, 0.4) is 0 Å². The Balaban J connectivity index is 1.45. The molecular weight excluding hydrogens is 420 g/mol. The van der Waals surface area contributed by atoms with Gasteiger partial charge in [0.05, 0.1) is 12.7 Å². The maximum Gasteiger partial charge on any atom is 0.272 e. The number of nitrogens with zero attached hydrogens (tertiary/aromatic N) is 8. The molecule has 10 nitrogen and oxygen atoms in total. The highest BCUT2D eigenvalue weighted by Crippen LogP contribution is 2.39. The van der Waals surface area contributed by atoms with Crippen molar-refractivity contribution in [2.45, 2.75) is 24.9 Å².